The lowest BCUT2D eigenvalue weighted by Gasteiger charge is -2.30. The molecule has 3 atom stereocenters. The van der Waals surface area contributed by atoms with E-state index in [-0.39, 0.29) is 0 Å². The molecule has 0 heterocycles. The molecule has 0 spiro atoms. The molecule has 2 heteroatoms. The summed E-state index contributed by atoms with van der Waals surface area (Å²) in [6.07, 6.45) is 7.23. The third-order valence-electron chi connectivity index (χ3n) is 4.00. The van der Waals surface area contributed by atoms with Gasteiger partial charge in [-0.05, 0) is 30.6 Å². The largest absolute Gasteiger partial charge is 0.378 e. The van der Waals surface area contributed by atoms with Crippen LogP contribution in [0, 0.1) is 17.8 Å². The van der Waals surface area contributed by atoms with Gasteiger partial charge in [0.1, 0.15) is 0 Å². The highest BCUT2D eigenvalue weighted by Crippen LogP contribution is 2.29. The number of hydrogen-bond donors (Lipinski definition) is 0. The van der Waals surface area contributed by atoms with Crippen LogP contribution in [-0.4, -0.2) is 18.0 Å². The Labute approximate surface area is 109 Å². The molecule has 1 nitrogen and oxygen atoms in total. The van der Waals surface area contributed by atoms with Crippen LogP contribution in [0.25, 0.3) is 0 Å². The fourth-order valence-corrected chi connectivity index (χ4v) is 3.37. The Bertz CT molecular complexity index is 182. The van der Waals surface area contributed by atoms with E-state index in [0.717, 1.165) is 17.9 Å². The van der Waals surface area contributed by atoms with Crippen molar-refractivity contribution < 1.29 is 4.74 Å². The van der Waals surface area contributed by atoms with Gasteiger partial charge in [-0.1, -0.05) is 56.0 Å². The maximum Gasteiger partial charge on any atom is 0.0578 e. The van der Waals surface area contributed by atoms with Crippen LogP contribution in [0.4, 0.5) is 0 Å². The van der Waals surface area contributed by atoms with Gasteiger partial charge in [-0.15, -0.1) is 0 Å². The molecule has 0 amide bonds. The highest BCUT2D eigenvalue weighted by atomic mass is 79.9. The lowest BCUT2D eigenvalue weighted by Crippen LogP contribution is -2.27. The van der Waals surface area contributed by atoms with E-state index >= 15 is 0 Å². The van der Waals surface area contributed by atoms with E-state index in [1.54, 1.807) is 0 Å². The van der Waals surface area contributed by atoms with E-state index in [1.807, 2.05) is 0 Å². The lowest BCUT2D eigenvalue weighted by atomic mass is 9.85. The van der Waals surface area contributed by atoms with E-state index in [1.165, 1.54) is 32.1 Å². The summed E-state index contributed by atoms with van der Waals surface area (Å²) in [4.78, 5) is 0. The predicted molar refractivity (Wildman–Crippen MR) is 74.1 cm³/mol. The molecule has 0 aromatic carbocycles. The van der Waals surface area contributed by atoms with Crippen molar-refractivity contribution >= 4 is 15.9 Å². The normalized spacial score (nSPS) is 28.3. The second-order valence-corrected chi connectivity index (χ2v) is 6.20. The highest BCUT2D eigenvalue weighted by molar-refractivity contribution is 9.09. The average molecular weight is 291 g/mol. The van der Waals surface area contributed by atoms with Crippen LogP contribution in [0.5, 0.6) is 0 Å². The molecule has 0 N–H and O–H groups in total. The SMILES string of the molecule is CCC1CCCC(OCC(CBr)C(C)C)C1. The fraction of sp³-hybridized carbons (Fsp3) is 1.00. The molecule has 1 aliphatic carbocycles. The van der Waals surface area contributed by atoms with Crippen molar-refractivity contribution in [1.29, 1.82) is 0 Å². The van der Waals surface area contributed by atoms with Crippen LogP contribution in [0.2, 0.25) is 0 Å². The van der Waals surface area contributed by atoms with Crippen LogP contribution in [0.3, 0.4) is 0 Å². The second kappa shape index (κ2) is 7.71. The molecule has 96 valence electrons. The van der Waals surface area contributed by atoms with Gasteiger partial charge in [0.25, 0.3) is 0 Å². The molecule has 0 radical (unpaired) electrons. The summed E-state index contributed by atoms with van der Waals surface area (Å²) in [6.45, 7) is 7.81. The monoisotopic (exact) mass is 290 g/mol. The zero-order valence-corrected chi connectivity index (χ0v) is 12.6. The number of ether oxygens (including phenoxy) is 1. The number of hydrogen-bond acceptors (Lipinski definition) is 1. The predicted octanol–water partition coefficient (Wildman–Crippen LogP) is 4.64. The standard InChI is InChI=1S/C14H27BrO/c1-4-12-6-5-7-14(8-12)16-10-13(9-15)11(2)3/h11-14H,4-10H2,1-3H3. The fourth-order valence-electron chi connectivity index (χ4n) is 2.44. The Morgan fingerprint density at radius 2 is 2.06 bits per heavy atom. The van der Waals surface area contributed by atoms with Crippen molar-refractivity contribution in [2.45, 2.75) is 59.0 Å². The van der Waals surface area contributed by atoms with Crippen molar-refractivity contribution in [1.82, 2.24) is 0 Å². The summed E-state index contributed by atoms with van der Waals surface area (Å²) >= 11 is 3.59. The van der Waals surface area contributed by atoms with Gasteiger partial charge in [-0.2, -0.15) is 0 Å². The topological polar surface area (TPSA) is 9.23 Å². The molecule has 0 bridgehead atoms. The minimum absolute atomic E-state index is 0.541. The van der Waals surface area contributed by atoms with Gasteiger partial charge in [-0.25, -0.2) is 0 Å². The smallest absolute Gasteiger partial charge is 0.0578 e. The van der Waals surface area contributed by atoms with Gasteiger partial charge in [0.2, 0.25) is 0 Å². The summed E-state index contributed by atoms with van der Waals surface area (Å²) in [5, 5.41) is 1.06. The lowest BCUT2D eigenvalue weighted by molar-refractivity contribution is -0.00871. The Balaban J connectivity index is 2.25. The third-order valence-corrected chi connectivity index (χ3v) is 4.83. The van der Waals surface area contributed by atoms with Gasteiger partial charge in [0.15, 0.2) is 0 Å². The first-order valence-electron chi connectivity index (χ1n) is 6.84. The van der Waals surface area contributed by atoms with E-state index in [4.69, 9.17) is 4.74 Å². The van der Waals surface area contributed by atoms with E-state index < -0.39 is 0 Å². The zero-order chi connectivity index (χ0) is 12.0. The number of rotatable bonds is 6. The van der Waals surface area contributed by atoms with Crippen LogP contribution in [0.1, 0.15) is 52.9 Å². The van der Waals surface area contributed by atoms with Gasteiger partial charge < -0.3 is 4.74 Å². The van der Waals surface area contributed by atoms with E-state index in [0.29, 0.717) is 17.9 Å². The first-order valence-corrected chi connectivity index (χ1v) is 7.97. The number of alkyl halides is 1. The van der Waals surface area contributed by atoms with Crippen LogP contribution in [-0.2, 0) is 4.74 Å². The van der Waals surface area contributed by atoms with E-state index in [2.05, 4.69) is 36.7 Å². The minimum atomic E-state index is 0.541. The Morgan fingerprint density at radius 3 is 2.62 bits per heavy atom. The van der Waals surface area contributed by atoms with Gasteiger partial charge in [0.05, 0.1) is 12.7 Å². The number of halogens is 1. The van der Waals surface area contributed by atoms with Crippen molar-refractivity contribution in [2.24, 2.45) is 17.8 Å². The summed E-state index contributed by atoms with van der Waals surface area (Å²) in [7, 11) is 0. The summed E-state index contributed by atoms with van der Waals surface area (Å²) in [5.74, 6) is 2.30. The van der Waals surface area contributed by atoms with Crippen LogP contribution >= 0.6 is 15.9 Å². The first-order chi connectivity index (χ1) is 7.67. The van der Waals surface area contributed by atoms with Crippen LogP contribution in [0.15, 0.2) is 0 Å². The molecular formula is C14H27BrO. The summed E-state index contributed by atoms with van der Waals surface area (Å²) < 4.78 is 6.10. The first kappa shape index (κ1) is 14.5. The molecule has 0 aliphatic heterocycles. The summed E-state index contributed by atoms with van der Waals surface area (Å²) in [6, 6.07) is 0. The van der Waals surface area contributed by atoms with Crippen molar-refractivity contribution in [3.63, 3.8) is 0 Å². The molecule has 1 saturated carbocycles. The Hall–Kier alpha value is 0.440. The molecule has 1 fully saturated rings. The molecule has 0 aromatic rings. The molecule has 0 saturated heterocycles. The molecular weight excluding hydrogens is 264 g/mol. The minimum Gasteiger partial charge on any atom is -0.378 e. The second-order valence-electron chi connectivity index (χ2n) is 5.55. The third kappa shape index (κ3) is 4.75. The summed E-state index contributed by atoms with van der Waals surface area (Å²) in [5.41, 5.74) is 0. The quantitative estimate of drug-likeness (QED) is 0.648. The van der Waals surface area contributed by atoms with Crippen molar-refractivity contribution in [3.05, 3.63) is 0 Å². The zero-order valence-electron chi connectivity index (χ0n) is 11.0. The molecule has 1 rings (SSSR count). The highest BCUT2D eigenvalue weighted by Gasteiger charge is 2.22. The van der Waals surface area contributed by atoms with Gasteiger partial charge >= 0.3 is 0 Å². The Morgan fingerprint density at radius 1 is 1.31 bits per heavy atom. The molecule has 3 unspecified atom stereocenters. The van der Waals surface area contributed by atoms with E-state index in [9.17, 15) is 0 Å². The van der Waals surface area contributed by atoms with Gasteiger partial charge in [-0.3, -0.25) is 0 Å². The van der Waals surface area contributed by atoms with Gasteiger partial charge in [0, 0.05) is 5.33 Å². The molecule has 1 aliphatic rings. The Kier molecular flexibility index (Phi) is 6.98. The molecule has 0 aromatic heterocycles. The molecule has 16 heavy (non-hydrogen) atoms. The maximum absolute atomic E-state index is 6.10. The maximum atomic E-state index is 6.10. The average Bonchev–Trinajstić information content (AvgIpc) is 2.29. The van der Waals surface area contributed by atoms with Crippen molar-refractivity contribution in [3.8, 4) is 0 Å². The van der Waals surface area contributed by atoms with Crippen LogP contribution < -0.4 is 0 Å². The van der Waals surface area contributed by atoms with Crippen molar-refractivity contribution in [2.75, 3.05) is 11.9 Å².